The van der Waals surface area contributed by atoms with Crippen molar-refractivity contribution in [3.63, 3.8) is 0 Å². The van der Waals surface area contributed by atoms with E-state index in [-0.39, 0.29) is 23.2 Å². The molecule has 1 atom stereocenters. The first kappa shape index (κ1) is 19.9. The largest absolute Gasteiger partial charge is 0.495 e. The Morgan fingerprint density at radius 2 is 2.17 bits per heavy atom. The Bertz CT molecular complexity index is 1160. The van der Waals surface area contributed by atoms with Gasteiger partial charge in [0.2, 0.25) is 0 Å². The number of thiophene rings is 1. The number of halogens is 1. The van der Waals surface area contributed by atoms with E-state index in [1.54, 1.807) is 28.9 Å². The van der Waals surface area contributed by atoms with Crippen LogP contribution in [-0.2, 0) is 9.84 Å². The molecule has 1 amide bonds. The highest BCUT2D eigenvalue weighted by Gasteiger charge is 2.32. The molecule has 0 spiro atoms. The Morgan fingerprint density at radius 3 is 2.83 bits per heavy atom. The van der Waals surface area contributed by atoms with Crippen molar-refractivity contribution in [2.45, 2.75) is 12.5 Å². The fourth-order valence-corrected chi connectivity index (χ4v) is 5.92. The summed E-state index contributed by atoms with van der Waals surface area (Å²) in [5, 5.41) is 9.62. The summed E-state index contributed by atoms with van der Waals surface area (Å²) in [5.74, 6) is 0.198. The molecule has 3 aromatic rings. The van der Waals surface area contributed by atoms with Crippen molar-refractivity contribution in [3.8, 4) is 16.3 Å². The third kappa shape index (κ3) is 4.17. The molecule has 0 radical (unpaired) electrons. The van der Waals surface area contributed by atoms with Gasteiger partial charge in [-0.2, -0.15) is 5.10 Å². The molecule has 4 rings (SSSR count). The van der Waals surface area contributed by atoms with Gasteiger partial charge in [0, 0.05) is 5.02 Å². The molecule has 3 heterocycles. The molecule has 10 heteroatoms. The van der Waals surface area contributed by atoms with Gasteiger partial charge in [0.25, 0.3) is 5.91 Å². The number of ether oxygens (including phenoxy) is 1. The number of methoxy groups -OCH3 is 1. The molecular formula is C19H18ClN3O4S2. The van der Waals surface area contributed by atoms with E-state index in [2.05, 4.69) is 10.4 Å². The molecule has 1 aliphatic heterocycles. The molecule has 7 nitrogen and oxygen atoms in total. The smallest absolute Gasteiger partial charge is 0.276 e. The van der Waals surface area contributed by atoms with E-state index in [0.29, 0.717) is 22.9 Å². The molecule has 0 saturated carbocycles. The number of carbonyl (C=O) groups is 1. The van der Waals surface area contributed by atoms with Gasteiger partial charge < -0.3 is 10.1 Å². The lowest BCUT2D eigenvalue weighted by Crippen LogP contribution is -2.16. The molecule has 152 valence electrons. The molecule has 29 heavy (non-hydrogen) atoms. The maximum Gasteiger partial charge on any atom is 0.276 e. The fraction of sp³-hybridized carbons (Fsp3) is 0.263. The van der Waals surface area contributed by atoms with Crippen molar-refractivity contribution in [2.75, 3.05) is 23.9 Å². The predicted molar refractivity (Wildman–Crippen MR) is 114 cm³/mol. The van der Waals surface area contributed by atoms with Gasteiger partial charge in [-0.05, 0) is 42.1 Å². The number of aromatic nitrogens is 2. The average Bonchev–Trinajstić information content (AvgIpc) is 3.40. The number of nitrogens with one attached hydrogen (secondary N) is 1. The van der Waals surface area contributed by atoms with E-state index < -0.39 is 15.7 Å². The van der Waals surface area contributed by atoms with Crippen LogP contribution in [0.25, 0.3) is 10.6 Å². The van der Waals surface area contributed by atoms with Gasteiger partial charge >= 0.3 is 0 Å². The summed E-state index contributed by atoms with van der Waals surface area (Å²) in [7, 11) is -1.59. The van der Waals surface area contributed by atoms with Crippen LogP contribution in [0, 0.1) is 0 Å². The number of carbonyl (C=O) groups excluding carboxylic acids is 1. The van der Waals surface area contributed by atoms with E-state index in [1.807, 2.05) is 17.5 Å². The highest BCUT2D eigenvalue weighted by atomic mass is 35.5. The number of nitrogens with zero attached hydrogens (tertiary/aromatic N) is 2. The monoisotopic (exact) mass is 451 g/mol. The van der Waals surface area contributed by atoms with E-state index >= 15 is 0 Å². The Kier molecular flexibility index (Phi) is 5.37. The van der Waals surface area contributed by atoms with Crippen LogP contribution >= 0.6 is 22.9 Å². The minimum absolute atomic E-state index is 0.0240. The van der Waals surface area contributed by atoms with Gasteiger partial charge in [-0.25, -0.2) is 8.42 Å². The van der Waals surface area contributed by atoms with Crippen molar-refractivity contribution in [2.24, 2.45) is 0 Å². The SMILES string of the molecule is COc1ccc(Cl)cc1NC(=O)c1cc(-c2cccs2)n(C2CCS(=O)(=O)C2)n1. The highest BCUT2D eigenvalue weighted by Crippen LogP contribution is 2.33. The van der Waals surface area contributed by atoms with Gasteiger partial charge in [0.15, 0.2) is 15.5 Å². The van der Waals surface area contributed by atoms with Crippen molar-refractivity contribution in [1.29, 1.82) is 0 Å². The summed E-state index contributed by atoms with van der Waals surface area (Å²) < 4.78 is 30.8. The van der Waals surface area contributed by atoms with Crippen LogP contribution in [0.4, 0.5) is 5.69 Å². The Labute approximate surface area is 177 Å². The second kappa shape index (κ2) is 7.81. The number of sulfone groups is 1. The van der Waals surface area contributed by atoms with Crippen LogP contribution in [-0.4, -0.2) is 42.7 Å². The molecule has 1 aromatic carbocycles. The van der Waals surface area contributed by atoms with Crippen LogP contribution in [0.1, 0.15) is 23.0 Å². The van der Waals surface area contributed by atoms with Gasteiger partial charge in [0.1, 0.15) is 5.75 Å². The Hall–Kier alpha value is -2.36. The van der Waals surface area contributed by atoms with Crippen LogP contribution in [0.15, 0.2) is 41.8 Å². The summed E-state index contributed by atoms with van der Waals surface area (Å²) in [6.07, 6.45) is 0.478. The number of hydrogen-bond acceptors (Lipinski definition) is 6. The Balaban J connectivity index is 1.69. The molecule has 1 saturated heterocycles. The van der Waals surface area contributed by atoms with E-state index in [0.717, 1.165) is 10.6 Å². The van der Waals surface area contributed by atoms with Gasteiger partial charge in [-0.15, -0.1) is 11.3 Å². The topological polar surface area (TPSA) is 90.3 Å². The average molecular weight is 452 g/mol. The first-order chi connectivity index (χ1) is 13.9. The summed E-state index contributed by atoms with van der Waals surface area (Å²) in [6, 6.07) is 10.1. The molecule has 0 bridgehead atoms. The molecule has 1 N–H and O–H groups in total. The normalized spacial score (nSPS) is 17.9. The van der Waals surface area contributed by atoms with Crippen LogP contribution in [0.5, 0.6) is 5.75 Å². The third-order valence-corrected chi connectivity index (χ3v) is 7.58. The quantitative estimate of drug-likeness (QED) is 0.635. The Morgan fingerprint density at radius 1 is 1.34 bits per heavy atom. The van der Waals surface area contributed by atoms with Crippen LogP contribution in [0.2, 0.25) is 5.02 Å². The summed E-state index contributed by atoms with van der Waals surface area (Å²) in [4.78, 5) is 13.8. The number of benzene rings is 1. The van der Waals surface area contributed by atoms with Crippen molar-refractivity contribution in [1.82, 2.24) is 9.78 Å². The summed E-state index contributed by atoms with van der Waals surface area (Å²) >= 11 is 7.54. The van der Waals surface area contributed by atoms with E-state index in [9.17, 15) is 13.2 Å². The molecule has 1 aliphatic rings. The maximum atomic E-state index is 12.9. The minimum Gasteiger partial charge on any atom is -0.495 e. The number of rotatable bonds is 5. The van der Waals surface area contributed by atoms with E-state index in [1.165, 1.54) is 18.4 Å². The molecule has 1 unspecified atom stereocenters. The van der Waals surface area contributed by atoms with Crippen molar-refractivity contribution < 1.29 is 17.9 Å². The second-order valence-electron chi connectivity index (χ2n) is 6.69. The number of hydrogen-bond donors (Lipinski definition) is 1. The third-order valence-electron chi connectivity index (χ3n) is 4.71. The first-order valence-electron chi connectivity index (χ1n) is 8.85. The maximum absolute atomic E-state index is 12.9. The predicted octanol–water partition coefficient (Wildman–Crippen LogP) is 3.89. The van der Waals surface area contributed by atoms with Gasteiger partial charge in [-0.3, -0.25) is 9.48 Å². The number of amides is 1. The minimum atomic E-state index is -3.09. The lowest BCUT2D eigenvalue weighted by Gasteiger charge is -2.12. The lowest BCUT2D eigenvalue weighted by molar-refractivity contribution is 0.102. The summed E-state index contributed by atoms with van der Waals surface area (Å²) in [6.45, 7) is 0. The molecule has 1 fully saturated rings. The van der Waals surface area contributed by atoms with Crippen molar-refractivity contribution in [3.05, 3.63) is 52.5 Å². The van der Waals surface area contributed by atoms with Gasteiger partial charge in [-0.1, -0.05) is 17.7 Å². The standard InChI is InChI=1S/C19H18ClN3O4S2/c1-27-17-5-4-12(20)9-14(17)21-19(24)15-10-16(18-3-2-7-28-18)23(22-15)13-6-8-29(25,26)11-13/h2-5,7,9-10,13H,6,8,11H2,1H3,(H,21,24). The summed E-state index contributed by atoms with van der Waals surface area (Å²) in [5.41, 5.74) is 1.35. The fourth-order valence-electron chi connectivity index (χ4n) is 3.32. The highest BCUT2D eigenvalue weighted by molar-refractivity contribution is 7.91. The number of anilines is 1. The molecular weight excluding hydrogens is 434 g/mol. The van der Waals surface area contributed by atoms with Crippen molar-refractivity contribution >= 4 is 44.4 Å². The van der Waals surface area contributed by atoms with E-state index in [4.69, 9.17) is 16.3 Å². The second-order valence-corrected chi connectivity index (χ2v) is 10.3. The molecule has 2 aromatic heterocycles. The van der Waals surface area contributed by atoms with Gasteiger partial charge in [0.05, 0.1) is 40.9 Å². The zero-order valence-electron chi connectivity index (χ0n) is 15.5. The molecule has 0 aliphatic carbocycles. The van der Waals surface area contributed by atoms with Crippen LogP contribution < -0.4 is 10.1 Å². The zero-order chi connectivity index (χ0) is 20.6. The first-order valence-corrected chi connectivity index (χ1v) is 11.9. The lowest BCUT2D eigenvalue weighted by atomic mass is 10.2. The zero-order valence-corrected chi connectivity index (χ0v) is 17.9. The van der Waals surface area contributed by atoms with Crippen LogP contribution in [0.3, 0.4) is 0 Å².